The summed E-state index contributed by atoms with van der Waals surface area (Å²) in [6, 6.07) is 10.0. The maximum Gasteiger partial charge on any atom is -0.172 e. The zero-order valence-corrected chi connectivity index (χ0v) is 9.40. The third kappa shape index (κ3) is 15.8. The van der Waals surface area contributed by atoms with Crippen molar-refractivity contribution in [1.29, 1.82) is 0 Å². The summed E-state index contributed by atoms with van der Waals surface area (Å²) in [4.78, 5) is 0. The van der Waals surface area contributed by atoms with E-state index in [0.717, 1.165) is 0 Å². The number of rotatable bonds is 0. The third-order valence-corrected chi connectivity index (χ3v) is 0.556. The van der Waals surface area contributed by atoms with Gasteiger partial charge in [-0.3, -0.25) is 6.58 Å². The van der Waals surface area contributed by atoms with Crippen molar-refractivity contribution < 1.29 is 20.8 Å². The van der Waals surface area contributed by atoms with Crippen LogP contribution in [0.2, 0.25) is 0 Å². The molecule has 3 heteroatoms. The average Bonchev–Trinajstić information content (AvgIpc) is 2.48. The van der Waals surface area contributed by atoms with E-state index in [-0.39, 0.29) is 0 Å². The van der Waals surface area contributed by atoms with Gasteiger partial charge in [0.1, 0.15) is 0 Å². The van der Waals surface area contributed by atoms with Crippen molar-refractivity contribution in [2.24, 2.45) is 0 Å². The Hall–Kier alpha value is 0.553. The molecule has 0 amide bonds. The van der Waals surface area contributed by atoms with Crippen LogP contribution in [0.15, 0.2) is 36.9 Å². The number of hydrogen-bond donors (Lipinski definition) is 0. The van der Waals surface area contributed by atoms with E-state index in [1.807, 2.05) is 30.3 Å². The molecule has 0 unspecified atom stereocenters. The summed E-state index contributed by atoms with van der Waals surface area (Å²) in [5.41, 5.74) is 0. The molecule has 0 bridgehead atoms. The molecule has 0 saturated heterocycles. The van der Waals surface area contributed by atoms with Crippen molar-refractivity contribution in [1.82, 2.24) is 0 Å². The predicted octanol–water partition coefficient (Wildman–Crippen LogP) is 3.39. The second kappa shape index (κ2) is 16.3. The molecule has 0 heterocycles. The zero-order chi connectivity index (χ0) is 8.24. The predicted molar refractivity (Wildman–Crippen MR) is 43.7 cm³/mol. The maximum absolute atomic E-state index is 4.93. The molecule has 1 aromatic rings. The van der Waals surface area contributed by atoms with E-state index in [1.165, 1.54) is 0 Å². The fourth-order valence-corrected chi connectivity index (χ4v) is 0.321. The standard InChI is InChI=1S/C5H5.C2H3.2ClH.Zr/c1-2-4-5-3-1;1-2;;;/h1-5H;1H,2H2;2*1H;/q2*-1;;;+4/p-2. The summed E-state index contributed by atoms with van der Waals surface area (Å²) in [6.07, 6.45) is 0. The second-order valence-corrected chi connectivity index (χ2v) is 4.77. The summed E-state index contributed by atoms with van der Waals surface area (Å²) in [5.74, 6) is 0. The van der Waals surface area contributed by atoms with Gasteiger partial charge in [0.25, 0.3) is 0 Å². The van der Waals surface area contributed by atoms with E-state index in [1.54, 1.807) is 0 Å². The maximum atomic E-state index is 4.93. The van der Waals surface area contributed by atoms with Gasteiger partial charge < -0.3 is 6.58 Å². The van der Waals surface area contributed by atoms with Crippen LogP contribution >= 0.6 is 17.0 Å². The van der Waals surface area contributed by atoms with Gasteiger partial charge in [0.15, 0.2) is 0 Å². The van der Waals surface area contributed by atoms with Gasteiger partial charge in [-0.05, 0) is 0 Å². The normalized spacial score (nSPS) is 5.40. The van der Waals surface area contributed by atoms with Crippen LogP contribution in [0.4, 0.5) is 0 Å². The van der Waals surface area contributed by atoms with Crippen molar-refractivity contribution >= 4 is 17.0 Å². The molecule has 1 rings (SSSR count). The summed E-state index contributed by atoms with van der Waals surface area (Å²) < 4.78 is 0. The molecule has 1 aromatic carbocycles. The van der Waals surface area contributed by atoms with E-state index >= 15 is 0 Å². The molecule has 0 atom stereocenters. The minimum absolute atomic E-state index is 0.826. The van der Waals surface area contributed by atoms with Crippen LogP contribution < -0.4 is 0 Å². The van der Waals surface area contributed by atoms with E-state index < -0.39 is 20.8 Å². The Labute approximate surface area is 80.9 Å². The van der Waals surface area contributed by atoms with Crippen molar-refractivity contribution in [3.05, 3.63) is 43.5 Å². The van der Waals surface area contributed by atoms with Gasteiger partial charge in [0, 0.05) is 0 Å². The molecule has 10 heavy (non-hydrogen) atoms. The van der Waals surface area contributed by atoms with Crippen LogP contribution in [0.5, 0.6) is 0 Å². The minimum atomic E-state index is -0.826. The SMILES string of the molecule is [CH-]=C.[Cl][Zr+2][Cl].c1cc[cH-]c1. The second-order valence-electron chi connectivity index (χ2n) is 1.03. The molecule has 0 saturated carbocycles. The molecule has 0 radical (unpaired) electrons. The fraction of sp³-hybridized carbons (Fsp3) is 0. The molecule has 0 aliphatic carbocycles. The zero-order valence-electron chi connectivity index (χ0n) is 5.43. The summed E-state index contributed by atoms with van der Waals surface area (Å²) in [5, 5.41) is 0. The molecule has 0 aromatic heterocycles. The smallest absolute Gasteiger partial charge is 0.172 e. The van der Waals surface area contributed by atoms with Crippen LogP contribution in [-0.2, 0) is 20.8 Å². The first kappa shape index (κ1) is 13.2. The van der Waals surface area contributed by atoms with Crippen LogP contribution in [0.25, 0.3) is 0 Å². The Morgan fingerprint density at radius 1 is 1.20 bits per heavy atom. The topological polar surface area (TPSA) is 0 Å². The molecule has 0 spiro atoms. The largest absolute Gasteiger partial charge is 0.214 e. The first-order chi connectivity index (χ1) is 4.91. The molecular weight excluding hydrogens is 246 g/mol. The Morgan fingerprint density at radius 3 is 1.60 bits per heavy atom. The molecular formula is C7H8Cl2Zr. The molecule has 0 N–H and O–H groups in total. The van der Waals surface area contributed by atoms with E-state index in [9.17, 15) is 0 Å². The van der Waals surface area contributed by atoms with Crippen molar-refractivity contribution in [3.63, 3.8) is 0 Å². The first-order valence-corrected chi connectivity index (χ1v) is 8.78. The molecule has 54 valence electrons. The fourth-order valence-electron chi connectivity index (χ4n) is 0.321. The molecule has 0 nitrogen and oxygen atoms in total. The number of halogens is 2. The van der Waals surface area contributed by atoms with Gasteiger partial charge in [-0.15, -0.1) is 0 Å². The van der Waals surface area contributed by atoms with Gasteiger partial charge in [0.05, 0.1) is 0 Å². The summed E-state index contributed by atoms with van der Waals surface area (Å²) in [7, 11) is 9.87. The van der Waals surface area contributed by atoms with Crippen LogP contribution in [0.3, 0.4) is 0 Å². The van der Waals surface area contributed by atoms with Gasteiger partial charge in [0.2, 0.25) is 0 Å². The monoisotopic (exact) mass is 252 g/mol. The van der Waals surface area contributed by atoms with Gasteiger partial charge in [-0.25, -0.2) is 12.1 Å². The molecule has 0 fully saturated rings. The Bertz CT molecular complexity index is 89.1. The first-order valence-electron chi connectivity index (χ1n) is 2.45. The Balaban J connectivity index is 0. The van der Waals surface area contributed by atoms with Crippen LogP contribution in [0.1, 0.15) is 0 Å². The quantitative estimate of drug-likeness (QED) is 0.623. The van der Waals surface area contributed by atoms with Crippen molar-refractivity contribution in [2.45, 2.75) is 0 Å². The summed E-state index contributed by atoms with van der Waals surface area (Å²) in [6.45, 7) is 7.00. The van der Waals surface area contributed by atoms with Crippen LogP contribution in [0, 0.1) is 6.58 Å². The Morgan fingerprint density at radius 2 is 1.50 bits per heavy atom. The van der Waals surface area contributed by atoms with E-state index in [0.29, 0.717) is 0 Å². The van der Waals surface area contributed by atoms with Gasteiger partial charge >= 0.3 is 37.9 Å². The molecule has 0 aliphatic rings. The van der Waals surface area contributed by atoms with Gasteiger partial charge in [-0.2, -0.15) is 18.2 Å². The third-order valence-electron chi connectivity index (χ3n) is 0.556. The van der Waals surface area contributed by atoms with Gasteiger partial charge in [-0.1, -0.05) is 0 Å². The molecule has 0 aliphatic heterocycles. The number of hydrogen-bond acceptors (Lipinski definition) is 0. The van der Waals surface area contributed by atoms with E-state index in [2.05, 4.69) is 13.2 Å². The average molecular weight is 254 g/mol. The van der Waals surface area contributed by atoms with Crippen molar-refractivity contribution in [3.8, 4) is 0 Å². The minimum Gasteiger partial charge on any atom is -0.214 e. The summed E-state index contributed by atoms with van der Waals surface area (Å²) >= 11 is -0.826. The van der Waals surface area contributed by atoms with Crippen LogP contribution in [-0.4, -0.2) is 0 Å². The Kier molecular flexibility index (Phi) is 21.4. The van der Waals surface area contributed by atoms with Crippen molar-refractivity contribution in [2.75, 3.05) is 0 Å². The van der Waals surface area contributed by atoms with E-state index in [4.69, 9.17) is 17.0 Å².